The van der Waals surface area contributed by atoms with Crippen LogP contribution in [-0.2, 0) is 0 Å². The minimum absolute atomic E-state index is 0.0697. The topological polar surface area (TPSA) is 79.9 Å². The lowest BCUT2D eigenvalue weighted by molar-refractivity contribution is 0.0639. The highest BCUT2D eigenvalue weighted by Gasteiger charge is 2.41. The highest BCUT2D eigenvalue weighted by Crippen LogP contribution is 2.34. The van der Waals surface area contributed by atoms with Crippen LogP contribution in [0, 0.1) is 6.92 Å². The second kappa shape index (κ2) is 7.31. The lowest BCUT2D eigenvalue weighted by Crippen LogP contribution is -2.62. The fraction of sp³-hybridized carbons (Fsp3) is 0.364. The second-order valence-electron chi connectivity index (χ2n) is 7.55. The summed E-state index contributed by atoms with van der Waals surface area (Å²) >= 11 is 0. The zero-order valence-electron chi connectivity index (χ0n) is 16.9. The fourth-order valence-corrected chi connectivity index (χ4v) is 4.03. The molecular weight excluding hydrogens is 370 g/mol. The molecule has 2 aliphatic heterocycles. The van der Waals surface area contributed by atoms with Gasteiger partial charge in [0.25, 0.3) is 11.8 Å². The van der Waals surface area contributed by atoms with Crippen LogP contribution < -0.4 is 20.1 Å². The molecule has 0 aliphatic carbocycles. The van der Waals surface area contributed by atoms with Crippen molar-refractivity contribution in [3.05, 3.63) is 53.1 Å². The van der Waals surface area contributed by atoms with Crippen LogP contribution in [0.4, 0.5) is 5.69 Å². The first kappa shape index (κ1) is 19.1. The predicted octanol–water partition coefficient (Wildman–Crippen LogP) is 2.80. The molecule has 0 aromatic heterocycles. The average Bonchev–Trinajstić information content (AvgIpc) is 2.74. The molecule has 152 valence electrons. The molecule has 2 amide bonds. The van der Waals surface area contributed by atoms with Crippen LogP contribution in [0.1, 0.15) is 39.1 Å². The number of carbonyl (C=O) groups excluding carboxylic acids is 2. The smallest absolute Gasteiger partial charge is 0.255 e. The van der Waals surface area contributed by atoms with Crippen molar-refractivity contribution in [2.24, 2.45) is 0 Å². The van der Waals surface area contributed by atoms with Crippen LogP contribution >= 0.6 is 0 Å². The van der Waals surface area contributed by atoms with Crippen LogP contribution in [0.3, 0.4) is 0 Å². The van der Waals surface area contributed by atoms with E-state index in [-0.39, 0.29) is 11.8 Å². The summed E-state index contributed by atoms with van der Waals surface area (Å²) in [5, 5.41) is 6.66. The van der Waals surface area contributed by atoms with Crippen molar-refractivity contribution in [3.63, 3.8) is 0 Å². The van der Waals surface area contributed by atoms with Crippen LogP contribution in [0.25, 0.3) is 0 Å². The van der Waals surface area contributed by atoms with E-state index >= 15 is 0 Å². The van der Waals surface area contributed by atoms with Crippen molar-refractivity contribution in [2.75, 3.05) is 32.6 Å². The number of fused-ring (bicyclic) bond motifs is 1. The third kappa shape index (κ3) is 3.48. The molecule has 1 saturated heterocycles. The van der Waals surface area contributed by atoms with Crippen molar-refractivity contribution in [3.8, 4) is 11.5 Å². The molecule has 1 fully saturated rings. The number of ether oxygens (including phenoxy) is 2. The Morgan fingerprint density at radius 2 is 1.69 bits per heavy atom. The maximum Gasteiger partial charge on any atom is 0.255 e. The number of nitrogens with zero attached hydrogens (tertiary/aromatic N) is 1. The quantitative estimate of drug-likeness (QED) is 0.835. The van der Waals surface area contributed by atoms with Gasteiger partial charge >= 0.3 is 0 Å². The number of amides is 2. The maximum atomic E-state index is 13.0. The normalized spacial score (nSPS) is 17.2. The van der Waals surface area contributed by atoms with Gasteiger partial charge in [-0.3, -0.25) is 9.59 Å². The molecule has 0 bridgehead atoms. The molecule has 2 aromatic rings. The lowest BCUT2D eigenvalue weighted by Gasteiger charge is -2.46. The van der Waals surface area contributed by atoms with Gasteiger partial charge in [0.2, 0.25) is 0 Å². The summed E-state index contributed by atoms with van der Waals surface area (Å²) in [7, 11) is 3.12. The first-order valence-electron chi connectivity index (χ1n) is 9.67. The molecule has 2 N–H and O–H groups in total. The van der Waals surface area contributed by atoms with Crippen LogP contribution in [-0.4, -0.2) is 49.7 Å². The van der Waals surface area contributed by atoms with Gasteiger partial charge in [0.15, 0.2) is 0 Å². The van der Waals surface area contributed by atoms with Crippen molar-refractivity contribution >= 4 is 17.5 Å². The van der Waals surface area contributed by atoms with E-state index in [1.807, 2.05) is 25.1 Å². The summed E-state index contributed by atoms with van der Waals surface area (Å²) in [5.74, 6) is 1.01. The van der Waals surface area contributed by atoms with Gasteiger partial charge in [-0.15, -0.1) is 0 Å². The number of piperidine rings is 1. The molecule has 2 aromatic carbocycles. The first-order chi connectivity index (χ1) is 13.9. The minimum atomic E-state index is -0.529. The van der Waals surface area contributed by atoms with Crippen molar-refractivity contribution in [2.45, 2.75) is 25.4 Å². The SMILES string of the molecule is COc1cc(OC)cc(C(=O)N2CCC3(CC2)NC(=O)c2cccc(C)c2N3)c1. The number of para-hydroxylation sites is 1. The van der Waals surface area contributed by atoms with E-state index in [4.69, 9.17) is 9.47 Å². The Hall–Kier alpha value is -3.22. The van der Waals surface area contributed by atoms with Crippen LogP contribution in [0.2, 0.25) is 0 Å². The Morgan fingerprint density at radius 3 is 2.31 bits per heavy atom. The van der Waals surface area contributed by atoms with Gasteiger partial charge in [0.05, 0.1) is 25.5 Å². The van der Waals surface area contributed by atoms with E-state index in [1.54, 1.807) is 37.3 Å². The summed E-state index contributed by atoms with van der Waals surface area (Å²) < 4.78 is 10.5. The standard InChI is InChI=1S/C22H25N3O4/c1-14-5-4-6-18-19(14)23-22(24-20(18)26)7-9-25(10-8-22)21(27)15-11-16(28-2)13-17(12-15)29-3/h4-6,11-13,23H,7-10H2,1-3H3,(H,24,26). The maximum absolute atomic E-state index is 13.0. The summed E-state index contributed by atoms with van der Waals surface area (Å²) in [6, 6.07) is 10.9. The zero-order chi connectivity index (χ0) is 20.6. The Balaban J connectivity index is 1.51. The summed E-state index contributed by atoms with van der Waals surface area (Å²) in [6.07, 6.45) is 1.25. The van der Waals surface area contributed by atoms with Gasteiger partial charge in [-0.05, 0) is 30.7 Å². The Kier molecular flexibility index (Phi) is 4.82. The molecule has 0 saturated carbocycles. The number of methoxy groups -OCH3 is 2. The van der Waals surface area contributed by atoms with E-state index in [0.29, 0.717) is 48.6 Å². The minimum Gasteiger partial charge on any atom is -0.497 e. The Labute approximate surface area is 170 Å². The fourth-order valence-electron chi connectivity index (χ4n) is 4.03. The lowest BCUT2D eigenvalue weighted by atomic mass is 9.91. The zero-order valence-corrected chi connectivity index (χ0v) is 16.9. The number of nitrogens with one attached hydrogen (secondary N) is 2. The average molecular weight is 395 g/mol. The van der Waals surface area contributed by atoms with E-state index < -0.39 is 5.66 Å². The van der Waals surface area contributed by atoms with Crippen molar-refractivity contribution < 1.29 is 19.1 Å². The molecule has 0 atom stereocenters. The summed E-state index contributed by atoms with van der Waals surface area (Å²) in [6.45, 7) is 3.06. The number of anilines is 1. The van der Waals surface area contributed by atoms with Crippen LogP contribution in [0.15, 0.2) is 36.4 Å². The molecule has 7 heteroatoms. The Bertz CT molecular complexity index is 942. The van der Waals surface area contributed by atoms with Gasteiger partial charge in [0, 0.05) is 37.6 Å². The number of carbonyl (C=O) groups is 2. The molecule has 0 unspecified atom stereocenters. The Morgan fingerprint density at radius 1 is 1.03 bits per heavy atom. The number of benzene rings is 2. The van der Waals surface area contributed by atoms with Gasteiger partial charge in [-0.25, -0.2) is 0 Å². The van der Waals surface area contributed by atoms with Gasteiger partial charge in [-0.1, -0.05) is 12.1 Å². The van der Waals surface area contributed by atoms with Gasteiger partial charge in [-0.2, -0.15) is 0 Å². The highest BCUT2D eigenvalue weighted by molar-refractivity contribution is 6.03. The van der Waals surface area contributed by atoms with Gasteiger partial charge < -0.3 is 25.0 Å². The number of hydrogen-bond acceptors (Lipinski definition) is 5. The molecule has 4 rings (SSSR count). The number of aryl methyl sites for hydroxylation is 1. The predicted molar refractivity (Wildman–Crippen MR) is 110 cm³/mol. The largest absolute Gasteiger partial charge is 0.497 e. The highest BCUT2D eigenvalue weighted by atomic mass is 16.5. The summed E-state index contributed by atoms with van der Waals surface area (Å²) in [4.78, 5) is 27.5. The van der Waals surface area contributed by atoms with E-state index in [9.17, 15) is 9.59 Å². The third-order valence-electron chi connectivity index (χ3n) is 5.74. The molecule has 1 spiro atoms. The van der Waals surface area contributed by atoms with E-state index in [2.05, 4.69) is 10.6 Å². The molecule has 2 aliphatic rings. The molecule has 0 radical (unpaired) electrons. The molecule has 2 heterocycles. The molecule has 7 nitrogen and oxygen atoms in total. The van der Waals surface area contributed by atoms with Crippen molar-refractivity contribution in [1.82, 2.24) is 10.2 Å². The number of likely N-dealkylation sites (tertiary alicyclic amines) is 1. The van der Waals surface area contributed by atoms with E-state index in [1.165, 1.54) is 0 Å². The van der Waals surface area contributed by atoms with Gasteiger partial charge in [0.1, 0.15) is 17.2 Å². The summed E-state index contributed by atoms with van der Waals surface area (Å²) in [5.41, 5.74) is 2.59. The third-order valence-corrected chi connectivity index (χ3v) is 5.74. The monoisotopic (exact) mass is 395 g/mol. The number of rotatable bonds is 3. The van der Waals surface area contributed by atoms with E-state index in [0.717, 1.165) is 11.3 Å². The number of hydrogen-bond donors (Lipinski definition) is 2. The van der Waals surface area contributed by atoms with Crippen molar-refractivity contribution in [1.29, 1.82) is 0 Å². The van der Waals surface area contributed by atoms with Crippen LogP contribution in [0.5, 0.6) is 11.5 Å². The second-order valence-corrected chi connectivity index (χ2v) is 7.55. The molecule has 29 heavy (non-hydrogen) atoms. The molecular formula is C22H25N3O4. The first-order valence-corrected chi connectivity index (χ1v) is 9.67.